The number of aromatic amines is 1. The first-order valence-corrected chi connectivity index (χ1v) is 12.3. The summed E-state index contributed by atoms with van der Waals surface area (Å²) in [5, 5.41) is 21.2. The van der Waals surface area contributed by atoms with Crippen molar-refractivity contribution in [2.24, 2.45) is 0 Å². The highest BCUT2D eigenvalue weighted by Gasteiger charge is 2.20. The van der Waals surface area contributed by atoms with Crippen molar-refractivity contribution in [3.63, 3.8) is 0 Å². The van der Waals surface area contributed by atoms with E-state index >= 15 is 0 Å². The molecule has 0 fully saturated rings. The molecule has 0 bridgehead atoms. The van der Waals surface area contributed by atoms with Crippen molar-refractivity contribution in [2.45, 2.75) is 20.4 Å². The Morgan fingerprint density at radius 3 is 2.36 bits per heavy atom. The number of thiophene rings is 1. The van der Waals surface area contributed by atoms with E-state index in [0.29, 0.717) is 12.2 Å². The molecule has 0 unspecified atom stereocenters. The molecule has 10 heteroatoms. The average Bonchev–Trinajstić information content (AvgIpc) is 3.41. The third-order valence-electron chi connectivity index (χ3n) is 5.07. The van der Waals surface area contributed by atoms with Gasteiger partial charge in [0.2, 0.25) is 0 Å². The van der Waals surface area contributed by atoms with Gasteiger partial charge in [0.05, 0.1) is 16.9 Å². The number of anilines is 3. The Hall–Kier alpha value is -4.31. The topological polar surface area (TPSA) is 119 Å². The van der Waals surface area contributed by atoms with E-state index in [1.165, 1.54) is 28.4 Å². The van der Waals surface area contributed by atoms with Crippen molar-refractivity contribution >= 4 is 34.3 Å². The second-order valence-corrected chi connectivity index (χ2v) is 8.66. The molecule has 4 rings (SSSR count). The average molecular weight is 508 g/mol. The predicted molar refractivity (Wildman–Crippen MR) is 145 cm³/mol. The van der Waals surface area contributed by atoms with Gasteiger partial charge in [-0.25, -0.2) is 4.68 Å². The molecule has 0 aliphatic carbocycles. The Morgan fingerprint density at radius 1 is 1.00 bits per heavy atom. The number of benzene rings is 2. The Bertz CT molecular complexity index is 1430. The zero-order valence-corrected chi connectivity index (χ0v) is 21.3. The highest BCUT2D eigenvalue weighted by atomic mass is 32.1. The number of H-pyrrole nitrogens is 1. The molecule has 0 aliphatic heterocycles. The largest absolute Gasteiger partial charge is 0.505 e. The van der Waals surface area contributed by atoms with E-state index < -0.39 is 17.0 Å². The second-order valence-electron chi connectivity index (χ2n) is 7.63. The number of amides is 1. The third-order valence-corrected chi connectivity index (χ3v) is 5.95. The third kappa shape index (κ3) is 5.66. The van der Waals surface area contributed by atoms with Crippen LogP contribution >= 0.6 is 11.3 Å². The Balaban J connectivity index is 0.00000176. The van der Waals surface area contributed by atoms with E-state index in [1.54, 1.807) is 50.5 Å². The molecule has 0 saturated heterocycles. The molecular weight excluding hydrogens is 478 g/mol. The van der Waals surface area contributed by atoms with Crippen LogP contribution in [0.1, 0.15) is 29.1 Å². The fourth-order valence-electron chi connectivity index (χ4n) is 3.37. The number of carbonyl (C=O) groups excluding carboxylic acids is 1. The summed E-state index contributed by atoms with van der Waals surface area (Å²) in [5.41, 5.74) is -0.447. The molecule has 0 atom stereocenters. The quantitative estimate of drug-likeness (QED) is 0.276. The molecule has 0 radical (unpaired) electrons. The molecule has 2 heterocycles. The van der Waals surface area contributed by atoms with E-state index in [0.717, 1.165) is 9.56 Å². The van der Waals surface area contributed by atoms with Gasteiger partial charge in [0.1, 0.15) is 11.4 Å². The van der Waals surface area contributed by atoms with Gasteiger partial charge in [-0.05, 0) is 35.7 Å². The zero-order valence-electron chi connectivity index (χ0n) is 20.5. The molecule has 36 heavy (non-hydrogen) atoms. The van der Waals surface area contributed by atoms with Gasteiger partial charge in [-0.1, -0.05) is 44.2 Å². The van der Waals surface area contributed by atoms with Crippen LogP contribution in [0.15, 0.2) is 75.6 Å². The highest BCUT2D eigenvalue weighted by molar-refractivity contribution is 7.09. The van der Waals surface area contributed by atoms with Gasteiger partial charge in [0.25, 0.3) is 17.0 Å². The summed E-state index contributed by atoms with van der Waals surface area (Å²) >= 11 is 1.51. The fourth-order valence-corrected chi connectivity index (χ4v) is 4.01. The second kappa shape index (κ2) is 11.9. The van der Waals surface area contributed by atoms with Gasteiger partial charge in [-0.2, -0.15) is 0 Å². The van der Waals surface area contributed by atoms with E-state index in [9.17, 15) is 19.5 Å². The molecule has 0 aliphatic rings. The summed E-state index contributed by atoms with van der Waals surface area (Å²) in [7, 11) is 3.15. The van der Waals surface area contributed by atoms with Crippen molar-refractivity contribution < 1.29 is 9.90 Å². The zero-order chi connectivity index (χ0) is 26.2. The smallest absolute Gasteiger partial charge is 0.295 e. The lowest BCUT2D eigenvalue weighted by molar-refractivity contribution is 0.0824. The maximum absolute atomic E-state index is 13.5. The van der Waals surface area contributed by atoms with Crippen molar-refractivity contribution in [3.8, 4) is 11.4 Å². The molecule has 2 aromatic heterocycles. The molecule has 1 amide bonds. The molecule has 0 saturated carbocycles. The number of aromatic nitrogens is 2. The first-order chi connectivity index (χ1) is 17.4. The number of phenols is 1. The summed E-state index contributed by atoms with van der Waals surface area (Å²) in [6.45, 7) is 4.33. The number of para-hydroxylation sites is 2. The first kappa shape index (κ1) is 26.3. The molecule has 4 N–H and O–H groups in total. The highest BCUT2D eigenvalue weighted by Crippen LogP contribution is 2.31. The predicted octanol–water partition coefficient (Wildman–Crippen LogP) is 4.38. The van der Waals surface area contributed by atoms with Gasteiger partial charge in [-0.3, -0.25) is 19.5 Å². The van der Waals surface area contributed by atoms with Crippen LogP contribution in [-0.4, -0.2) is 39.8 Å². The summed E-state index contributed by atoms with van der Waals surface area (Å²) < 4.78 is 1.13. The normalized spacial score (nSPS) is 10.2. The van der Waals surface area contributed by atoms with Crippen molar-refractivity contribution in [2.75, 3.05) is 24.7 Å². The molecule has 9 nitrogen and oxygen atoms in total. The van der Waals surface area contributed by atoms with Gasteiger partial charge in [-0.15, -0.1) is 11.3 Å². The summed E-state index contributed by atoms with van der Waals surface area (Å²) in [6.07, 6.45) is 0. The standard InChI is InChI=1S/C24H23N5O4S.C2H6/c1-28(2)23(32)17-11-6-12-18(21(17)30)26-20-19(25-14-16-10-7-13-34-16)22(31)27-29(24(20)33)15-8-4-3-5-9-15;1-2/h3-13,25-26,30H,14H2,1-2H3,(H,27,31);1-2H3. The van der Waals surface area contributed by atoms with Crippen molar-refractivity contribution in [1.82, 2.24) is 14.7 Å². The van der Waals surface area contributed by atoms with Crippen LogP contribution in [0.25, 0.3) is 5.69 Å². The fraction of sp³-hybridized carbons (Fsp3) is 0.192. The van der Waals surface area contributed by atoms with E-state index in [1.807, 2.05) is 31.4 Å². The number of aromatic hydroxyl groups is 1. The number of phenolic OH excluding ortho intramolecular Hbond substituents is 1. The monoisotopic (exact) mass is 507 g/mol. The molecular formula is C26H29N5O4S. The number of carbonyl (C=O) groups is 1. The van der Waals surface area contributed by atoms with Crippen LogP contribution in [0, 0.1) is 0 Å². The number of nitrogens with zero attached hydrogens (tertiary/aromatic N) is 2. The van der Waals surface area contributed by atoms with Crippen molar-refractivity contribution in [3.05, 3.63) is 97.2 Å². The number of hydrogen-bond acceptors (Lipinski definition) is 7. The van der Waals surface area contributed by atoms with Gasteiger partial charge < -0.3 is 20.6 Å². The lowest BCUT2D eigenvalue weighted by Crippen LogP contribution is -2.32. The van der Waals surface area contributed by atoms with Crippen LogP contribution in [-0.2, 0) is 6.54 Å². The summed E-state index contributed by atoms with van der Waals surface area (Å²) in [4.78, 5) is 41.3. The lowest BCUT2D eigenvalue weighted by atomic mass is 10.1. The maximum atomic E-state index is 13.5. The first-order valence-electron chi connectivity index (χ1n) is 11.4. The molecule has 2 aromatic carbocycles. The van der Waals surface area contributed by atoms with Gasteiger partial charge >= 0.3 is 0 Å². The molecule has 4 aromatic rings. The van der Waals surface area contributed by atoms with Crippen LogP contribution in [0.4, 0.5) is 17.1 Å². The minimum Gasteiger partial charge on any atom is -0.505 e. The summed E-state index contributed by atoms with van der Waals surface area (Å²) in [6, 6.07) is 17.1. The van der Waals surface area contributed by atoms with Gasteiger partial charge in [0.15, 0.2) is 5.75 Å². The van der Waals surface area contributed by atoms with E-state index in [4.69, 9.17) is 0 Å². The van der Waals surface area contributed by atoms with Crippen LogP contribution in [0.5, 0.6) is 5.75 Å². The molecule has 188 valence electrons. The maximum Gasteiger partial charge on any atom is 0.295 e. The van der Waals surface area contributed by atoms with E-state index in [-0.39, 0.29) is 28.4 Å². The lowest BCUT2D eigenvalue weighted by Gasteiger charge is -2.17. The minimum absolute atomic E-state index is 0.0225. The number of nitrogens with one attached hydrogen (secondary N) is 3. The van der Waals surface area contributed by atoms with Crippen LogP contribution in [0.2, 0.25) is 0 Å². The van der Waals surface area contributed by atoms with E-state index in [2.05, 4.69) is 15.7 Å². The minimum atomic E-state index is -0.539. The SMILES string of the molecule is CC.CN(C)C(=O)c1cccc(Nc2c(NCc3cccs3)c(=O)[nH]n(-c3ccccc3)c2=O)c1O. The van der Waals surface area contributed by atoms with Crippen LogP contribution in [0.3, 0.4) is 0 Å². The van der Waals surface area contributed by atoms with Crippen LogP contribution < -0.4 is 21.8 Å². The Morgan fingerprint density at radius 2 is 1.72 bits per heavy atom. The summed E-state index contributed by atoms with van der Waals surface area (Å²) in [5.74, 6) is -0.721. The van der Waals surface area contributed by atoms with Crippen molar-refractivity contribution in [1.29, 1.82) is 0 Å². The number of rotatable bonds is 7. The molecule has 0 spiro atoms. The Kier molecular flexibility index (Phi) is 8.69. The Labute approximate surface area is 212 Å². The van der Waals surface area contributed by atoms with Gasteiger partial charge in [0, 0.05) is 25.5 Å². The number of hydrogen-bond donors (Lipinski definition) is 4.